The standard InChI is InChI=1S/C21H27N5/c1-15-8-11-26(12-9-15)20-13-16(2)24-21(25-20)22-10-7-17-14-23-19-6-4-3-5-18(17)19/h3-6,13-15,23H,7-12H2,1-2H3,(H,22,24,25). The van der Waals surface area contributed by atoms with Crippen LogP contribution in [0.2, 0.25) is 0 Å². The number of nitrogens with zero attached hydrogens (tertiary/aromatic N) is 3. The van der Waals surface area contributed by atoms with Gasteiger partial charge in [0.05, 0.1) is 0 Å². The largest absolute Gasteiger partial charge is 0.361 e. The zero-order valence-corrected chi connectivity index (χ0v) is 15.6. The molecule has 0 atom stereocenters. The van der Waals surface area contributed by atoms with Crippen molar-refractivity contribution in [2.75, 3.05) is 29.9 Å². The Morgan fingerprint density at radius 1 is 1.19 bits per heavy atom. The third-order valence-corrected chi connectivity index (χ3v) is 5.30. The Morgan fingerprint density at radius 2 is 2.00 bits per heavy atom. The van der Waals surface area contributed by atoms with Crippen LogP contribution < -0.4 is 10.2 Å². The molecule has 4 rings (SSSR count). The molecule has 0 spiro atoms. The Labute approximate surface area is 154 Å². The lowest BCUT2D eigenvalue weighted by molar-refractivity contribution is 0.436. The smallest absolute Gasteiger partial charge is 0.224 e. The first kappa shape index (κ1) is 16.9. The van der Waals surface area contributed by atoms with E-state index in [1.54, 1.807) is 0 Å². The second kappa shape index (κ2) is 7.36. The van der Waals surface area contributed by atoms with Crippen LogP contribution in [0.15, 0.2) is 36.5 Å². The van der Waals surface area contributed by atoms with Crippen LogP contribution in [0.1, 0.15) is 31.0 Å². The number of piperidine rings is 1. The summed E-state index contributed by atoms with van der Waals surface area (Å²) in [6, 6.07) is 10.5. The zero-order chi connectivity index (χ0) is 17.9. The van der Waals surface area contributed by atoms with Crippen molar-refractivity contribution in [2.45, 2.75) is 33.1 Å². The summed E-state index contributed by atoms with van der Waals surface area (Å²) in [5, 5.41) is 4.71. The molecule has 0 amide bonds. The Kier molecular flexibility index (Phi) is 4.78. The first-order chi connectivity index (χ1) is 12.7. The summed E-state index contributed by atoms with van der Waals surface area (Å²) in [7, 11) is 0. The minimum atomic E-state index is 0.735. The molecule has 3 aromatic rings. The molecule has 1 fully saturated rings. The normalized spacial score (nSPS) is 15.5. The molecule has 2 N–H and O–H groups in total. The van der Waals surface area contributed by atoms with Gasteiger partial charge in [0.2, 0.25) is 5.95 Å². The van der Waals surface area contributed by atoms with Crippen LogP contribution in [-0.4, -0.2) is 34.6 Å². The molecule has 0 saturated carbocycles. The van der Waals surface area contributed by atoms with Crippen molar-refractivity contribution in [3.63, 3.8) is 0 Å². The summed E-state index contributed by atoms with van der Waals surface area (Å²) in [6.45, 7) is 7.38. The maximum atomic E-state index is 4.76. The Balaban J connectivity index is 1.41. The number of hydrogen-bond acceptors (Lipinski definition) is 4. The minimum absolute atomic E-state index is 0.735. The molecular formula is C21H27N5. The van der Waals surface area contributed by atoms with E-state index in [1.165, 1.54) is 29.3 Å². The average molecular weight is 349 g/mol. The van der Waals surface area contributed by atoms with Gasteiger partial charge in [0.15, 0.2) is 0 Å². The number of rotatable bonds is 5. The summed E-state index contributed by atoms with van der Waals surface area (Å²) in [5.41, 5.74) is 3.53. The van der Waals surface area contributed by atoms with Crippen molar-refractivity contribution in [3.8, 4) is 0 Å². The lowest BCUT2D eigenvalue weighted by Gasteiger charge is -2.31. The van der Waals surface area contributed by atoms with Gasteiger partial charge in [-0.2, -0.15) is 4.98 Å². The summed E-state index contributed by atoms with van der Waals surface area (Å²) < 4.78 is 0. The molecule has 0 aliphatic carbocycles. The van der Waals surface area contributed by atoms with E-state index in [4.69, 9.17) is 4.98 Å². The van der Waals surface area contributed by atoms with Crippen LogP contribution in [0.5, 0.6) is 0 Å². The number of aromatic amines is 1. The highest BCUT2D eigenvalue weighted by Crippen LogP contribution is 2.23. The molecule has 5 nitrogen and oxygen atoms in total. The summed E-state index contributed by atoms with van der Waals surface area (Å²) in [4.78, 5) is 15.1. The van der Waals surface area contributed by atoms with Gasteiger partial charge in [-0.05, 0) is 43.7 Å². The molecule has 136 valence electrons. The number of para-hydroxylation sites is 1. The van der Waals surface area contributed by atoms with Crippen molar-refractivity contribution in [2.24, 2.45) is 5.92 Å². The van der Waals surface area contributed by atoms with Crippen LogP contribution >= 0.6 is 0 Å². The van der Waals surface area contributed by atoms with Crippen LogP contribution in [0.25, 0.3) is 10.9 Å². The molecule has 2 aromatic heterocycles. The maximum absolute atomic E-state index is 4.76. The van der Waals surface area contributed by atoms with Crippen LogP contribution in [0.4, 0.5) is 11.8 Å². The van der Waals surface area contributed by atoms with Gasteiger partial charge in [-0.15, -0.1) is 0 Å². The molecule has 1 aliphatic heterocycles. The Hall–Kier alpha value is -2.56. The lowest BCUT2D eigenvalue weighted by Crippen LogP contribution is -2.33. The molecule has 5 heteroatoms. The maximum Gasteiger partial charge on any atom is 0.224 e. The number of aryl methyl sites for hydroxylation is 1. The quantitative estimate of drug-likeness (QED) is 0.726. The minimum Gasteiger partial charge on any atom is -0.361 e. The lowest BCUT2D eigenvalue weighted by atomic mass is 9.99. The fourth-order valence-electron chi connectivity index (χ4n) is 3.68. The molecule has 1 saturated heterocycles. The number of nitrogens with one attached hydrogen (secondary N) is 2. The van der Waals surface area contributed by atoms with E-state index in [-0.39, 0.29) is 0 Å². The van der Waals surface area contributed by atoms with E-state index in [2.05, 4.69) is 63.6 Å². The molecule has 26 heavy (non-hydrogen) atoms. The molecule has 1 aliphatic rings. The van der Waals surface area contributed by atoms with E-state index < -0.39 is 0 Å². The third kappa shape index (κ3) is 3.66. The number of hydrogen-bond donors (Lipinski definition) is 2. The highest BCUT2D eigenvalue weighted by Gasteiger charge is 2.18. The van der Waals surface area contributed by atoms with Gasteiger partial charge >= 0.3 is 0 Å². The fraction of sp³-hybridized carbons (Fsp3) is 0.429. The van der Waals surface area contributed by atoms with Gasteiger partial charge in [-0.3, -0.25) is 0 Å². The highest BCUT2D eigenvalue weighted by molar-refractivity contribution is 5.83. The van der Waals surface area contributed by atoms with Gasteiger partial charge in [0.1, 0.15) is 5.82 Å². The molecule has 3 heterocycles. The van der Waals surface area contributed by atoms with E-state index in [0.717, 1.165) is 49.4 Å². The topological polar surface area (TPSA) is 56.8 Å². The van der Waals surface area contributed by atoms with Crippen molar-refractivity contribution in [1.82, 2.24) is 15.0 Å². The molecule has 1 aromatic carbocycles. The average Bonchev–Trinajstić information content (AvgIpc) is 3.05. The van der Waals surface area contributed by atoms with Crippen molar-refractivity contribution < 1.29 is 0 Å². The van der Waals surface area contributed by atoms with Gasteiger partial charge in [-0.1, -0.05) is 25.1 Å². The van der Waals surface area contributed by atoms with Crippen LogP contribution in [0.3, 0.4) is 0 Å². The number of benzene rings is 1. The second-order valence-electron chi connectivity index (χ2n) is 7.40. The van der Waals surface area contributed by atoms with E-state index in [9.17, 15) is 0 Å². The predicted octanol–water partition coefficient (Wildman–Crippen LogP) is 4.16. The number of H-pyrrole nitrogens is 1. The highest BCUT2D eigenvalue weighted by atomic mass is 15.2. The zero-order valence-electron chi connectivity index (χ0n) is 15.6. The van der Waals surface area contributed by atoms with Crippen molar-refractivity contribution in [1.29, 1.82) is 0 Å². The Bertz CT molecular complexity index is 877. The second-order valence-corrected chi connectivity index (χ2v) is 7.40. The monoisotopic (exact) mass is 349 g/mol. The Morgan fingerprint density at radius 3 is 2.85 bits per heavy atom. The summed E-state index contributed by atoms with van der Waals surface area (Å²) in [6.07, 6.45) is 5.53. The van der Waals surface area contributed by atoms with Gasteiger partial charge < -0.3 is 15.2 Å². The summed E-state index contributed by atoms with van der Waals surface area (Å²) >= 11 is 0. The van der Waals surface area contributed by atoms with Crippen LogP contribution in [0, 0.1) is 12.8 Å². The SMILES string of the molecule is Cc1cc(N2CCC(C)CC2)nc(NCCc2c[nH]c3ccccc23)n1. The molecular weight excluding hydrogens is 322 g/mol. The number of aromatic nitrogens is 3. The number of fused-ring (bicyclic) bond motifs is 1. The first-order valence-electron chi connectivity index (χ1n) is 9.58. The molecule has 0 bridgehead atoms. The van der Waals surface area contributed by atoms with Gasteiger partial charge in [0, 0.05) is 48.5 Å². The van der Waals surface area contributed by atoms with Crippen molar-refractivity contribution in [3.05, 3.63) is 47.8 Å². The van der Waals surface area contributed by atoms with Gasteiger partial charge in [-0.25, -0.2) is 4.98 Å². The van der Waals surface area contributed by atoms with Gasteiger partial charge in [0.25, 0.3) is 0 Å². The third-order valence-electron chi connectivity index (χ3n) is 5.30. The van der Waals surface area contributed by atoms with E-state index >= 15 is 0 Å². The summed E-state index contributed by atoms with van der Waals surface area (Å²) in [5.74, 6) is 2.61. The predicted molar refractivity (Wildman–Crippen MR) is 108 cm³/mol. The van der Waals surface area contributed by atoms with Crippen LogP contribution in [-0.2, 0) is 6.42 Å². The van der Waals surface area contributed by atoms with E-state index in [0.29, 0.717) is 0 Å². The molecule has 0 radical (unpaired) electrons. The van der Waals surface area contributed by atoms with E-state index in [1.807, 2.05) is 6.92 Å². The fourth-order valence-corrected chi connectivity index (χ4v) is 3.68. The number of anilines is 2. The molecule has 0 unspecified atom stereocenters. The van der Waals surface area contributed by atoms with Crippen molar-refractivity contribution >= 4 is 22.7 Å². The first-order valence-corrected chi connectivity index (χ1v) is 9.58.